The Hall–Kier alpha value is -2.05. The summed E-state index contributed by atoms with van der Waals surface area (Å²) in [5, 5.41) is 22.4. The van der Waals surface area contributed by atoms with E-state index in [1.54, 1.807) is 18.2 Å². The van der Waals surface area contributed by atoms with Gasteiger partial charge in [-0.2, -0.15) is 0 Å². The highest BCUT2D eigenvalue weighted by Crippen LogP contribution is 2.34. The topological polar surface area (TPSA) is 91.7 Å². The molecule has 1 heterocycles. The number of ether oxygens (including phenoxy) is 1. The third-order valence-corrected chi connectivity index (χ3v) is 3.18. The smallest absolute Gasteiger partial charge is 0.273 e. The normalized spacial score (nSPS) is 11.0. The van der Waals surface area contributed by atoms with Gasteiger partial charge in [-0.1, -0.05) is 11.6 Å². The van der Waals surface area contributed by atoms with Crippen LogP contribution in [0.15, 0.2) is 18.2 Å². The Balaban J connectivity index is 2.48. The Kier molecular flexibility index (Phi) is 5.05. The summed E-state index contributed by atoms with van der Waals surface area (Å²) in [6.07, 6.45) is 0.00122. The number of hydrogen-bond donors (Lipinski definition) is 3. The van der Waals surface area contributed by atoms with Crippen LogP contribution in [0.1, 0.15) is 24.3 Å². The van der Waals surface area contributed by atoms with Crippen molar-refractivity contribution in [3.8, 4) is 11.5 Å². The first-order valence-electron chi connectivity index (χ1n) is 6.82. The van der Waals surface area contributed by atoms with E-state index in [-0.39, 0.29) is 35.9 Å². The van der Waals surface area contributed by atoms with Crippen molar-refractivity contribution in [1.29, 1.82) is 0 Å². The minimum atomic E-state index is -0.599. The molecule has 0 unspecified atom stereocenters. The highest BCUT2D eigenvalue weighted by Gasteiger charge is 2.18. The van der Waals surface area contributed by atoms with Crippen molar-refractivity contribution in [2.75, 3.05) is 13.2 Å². The van der Waals surface area contributed by atoms with Crippen molar-refractivity contribution >= 4 is 28.3 Å². The molecule has 0 atom stereocenters. The molecular weight excluding hydrogens is 308 g/mol. The van der Waals surface area contributed by atoms with Gasteiger partial charge in [-0.3, -0.25) is 4.79 Å². The number of aromatic nitrogens is 1. The monoisotopic (exact) mass is 324 g/mol. The number of nitrogens with zero attached hydrogens (tertiary/aromatic N) is 1. The van der Waals surface area contributed by atoms with Crippen molar-refractivity contribution in [3.63, 3.8) is 0 Å². The summed E-state index contributed by atoms with van der Waals surface area (Å²) in [5.41, 5.74) is -0.177. The average Bonchev–Trinajstić information content (AvgIpc) is 2.47. The molecule has 0 radical (unpaired) electrons. The summed E-state index contributed by atoms with van der Waals surface area (Å²) < 4.78 is 5.57. The molecule has 22 heavy (non-hydrogen) atoms. The molecule has 0 fully saturated rings. The molecule has 1 aromatic carbocycles. The number of carbonyl (C=O) groups excluding carboxylic acids is 1. The first-order chi connectivity index (χ1) is 10.4. The first-order valence-corrected chi connectivity index (χ1v) is 7.19. The maximum absolute atomic E-state index is 11.9. The number of rotatable bonds is 5. The molecule has 0 aliphatic carbocycles. The minimum Gasteiger partial charge on any atom is -0.505 e. The lowest BCUT2D eigenvalue weighted by Gasteiger charge is -2.12. The zero-order chi connectivity index (χ0) is 16.3. The van der Waals surface area contributed by atoms with Gasteiger partial charge < -0.3 is 20.3 Å². The van der Waals surface area contributed by atoms with Crippen molar-refractivity contribution in [2.24, 2.45) is 0 Å². The summed E-state index contributed by atoms with van der Waals surface area (Å²) in [6.45, 7) is 3.66. The summed E-state index contributed by atoms with van der Waals surface area (Å²) in [4.78, 5) is 15.8. The molecule has 118 valence electrons. The van der Waals surface area contributed by atoms with E-state index in [1.165, 1.54) is 0 Å². The van der Waals surface area contributed by atoms with E-state index in [0.29, 0.717) is 16.5 Å². The number of amides is 1. The minimum absolute atomic E-state index is 0.00122. The number of halogens is 1. The first kappa shape index (κ1) is 16.3. The van der Waals surface area contributed by atoms with E-state index in [9.17, 15) is 9.90 Å². The van der Waals surface area contributed by atoms with Crippen molar-refractivity contribution in [2.45, 2.75) is 20.0 Å². The third-order valence-electron chi connectivity index (χ3n) is 2.89. The lowest BCUT2D eigenvalue weighted by Crippen LogP contribution is -2.27. The van der Waals surface area contributed by atoms with Crippen LogP contribution in [0.4, 0.5) is 0 Å². The molecule has 0 aliphatic rings. The second-order valence-electron chi connectivity index (χ2n) is 4.95. The molecule has 0 bridgehead atoms. The Morgan fingerprint density at radius 2 is 2.14 bits per heavy atom. The summed E-state index contributed by atoms with van der Waals surface area (Å²) in [6, 6.07) is 4.98. The van der Waals surface area contributed by atoms with E-state index >= 15 is 0 Å². The molecule has 0 spiro atoms. The number of carbonyl (C=O) groups is 1. The van der Waals surface area contributed by atoms with Gasteiger partial charge in [-0.25, -0.2) is 4.98 Å². The van der Waals surface area contributed by atoms with Crippen LogP contribution in [0.3, 0.4) is 0 Å². The van der Waals surface area contributed by atoms with Crippen molar-refractivity contribution in [1.82, 2.24) is 10.3 Å². The number of aliphatic hydroxyl groups excluding tert-OH is 1. The molecule has 2 rings (SSSR count). The molecule has 0 aliphatic heterocycles. The Bertz CT molecular complexity index is 703. The summed E-state index contributed by atoms with van der Waals surface area (Å²) >= 11 is 6.11. The number of nitrogens with one attached hydrogen (secondary N) is 1. The predicted molar refractivity (Wildman–Crippen MR) is 83.6 cm³/mol. The lowest BCUT2D eigenvalue weighted by atomic mass is 10.1. The van der Waals surface area contributed by atoms with E-state index in [2.05, 4.69) is 10.3 Å². The molecule has 2 aromatic rings. The third kappa shape index (κ3) is 3.40. The second kappa shape index (κ2) is 6.81. The zero-order valence-corrected chi connectivity index (χ0v) is 13.0. The molecule has 1 aromatic heterocycles. The fourth-order valence-electron chi connectivity index (χ4n) is 2.00. The Labute approximate surface area is 132 Å². The standard InChI is InChI=1S/C15H17ClN2O4/c1-8(2)22-9-3-4-10-11(7-9)14(16)18-12(13(10)20)15(21)17-5-6-19/h3-4,7-8,19-20H,5-6H2,1-2H3,(H,17,21). The van der Waals surface area contributed by atoms with Gasteiger partial charge in [-0.15, -0.1) is 0 Å². The van der Waals surface area contributed by atoms with Gasteiger partial charge in [0.15, 0.2) is 11.4 Å². The van der Waals surface area contributed by atoms with E-state index in [4.69, 9.17) is 21.4 Å². The molecule has 7 heteroatoms. The Morgan fingerprint density at radius 3 is 2.77 bits per heavy atom. The van der Waals surface area contributed by atoms with Crippen LogP contribution in [-0.4, -0.2) is 40.4 Å². The van der Waals surface area contributed by atoms with Crippen LogP contribution in [0.2, 0.25) is 5.15 Å². The van der Waals surface area contributed by atoms with Gasteiger partial charge in [-0.05, 0) is 32.0 Å². The maximum atomic E-state index is 11.9. The van der Waals surface area contributed by atoms with Crippen LogP contribution < -0.4 is 10.1 Å². The van der Waals surface area contributed by atoms with Crippen LogP contribution in [-0.2, 0) is 0 Å². The van der Waals surface area contributed by atoms with Crippen LogP contribution in [0, 0.1) is 0 Å². The van der Waals surface area contributed by atoms with E-state index < -0.39 is 5.91 Å². The quantitative estimate of drug-likeness (QED) is 0.733. The van der Waals surface area contributed by atoms with Crippen LogP contribution in [0.25, 0.3) is 10.8 Å². The largest absolute Gasteiger partial charge is 0.505 e. The van der Waals surface area contributed by atoms with E-state index in [0.717, 1.165) is 0 Å². The van der Waals surface area contributed by atoms with Gasteiger partial charge >= 0.3 is 0 Å². The number of hydrogen-bond acceptors (Lipinski definition) is 5. The number of pyridine rings is 1. The van der Waals surface area contributed by atoms with Crippen molar-refractivity contribution < 1.29 is 19.7 Å². The van der Waals surface area contributed by atoms with Gasteiger partial charge in [0, 0.05) is 17.3 Å². The Morgan fingerprint density at radius 1 is 1.41 bits per heavy atom. The molecule has 0 saturated carbocycles. The molecule has 0 saturated heterocycles. The lowest BCUT2D eigenvalue weighted by molar-refractivity contribution is 0.0937. The second-order valence-corrected chi connectivity index (χ2v) is 5.31. The number of benzene rings is 1. The van der Waals surface area contributed by atoms with Gasteiger partial charge in [0.1, 0.15) is 10.9 Å². The van der Waals surface area contributed by atoms with Gasteiger partial charge in [0.05, 0.1) is 12.7 Å². The predicted octanol–water partition coefficient (Wildman–Crippen LogP) is 2.10. The highest BCUT2D eigenvalue weighted by atomic mass is 35.5. The number of aliphatic hydroxyl groups is 1. The molecule has 1 amide bonds. The summed E-state index contributed by atoms with van der Waals surface area (Å²) in [5.74, 6) is -0.258. The van der Waals surface area contributed by atoms with Gasteiger partial charge in [0.25, 0.3) is 5.91 Å². The molecule has 3 N–H and O–H groups in total. The SMILES string of the molecule is CC(C)Oc1ccc2c(O)c(C(=O)NCCO)nc(Cl)c2c1. The maximum Gasteiger partial charge on any atom is 0.273 e. The zero-order valence-electron chi connectivity index (χ0n) is 12.3. The van der Waals surface area contributed by atoms with Crippen molar-refractivity contribution in [3.05, 3.63) is 29.0 Å². The average molecular weight is 325 g/mol. The molecule has 6 nitrogen and oxygen atoms in total. The highest BCUT2D eigenvalue weighted by molar-refractivity contribution is 6.35. The van der Waals surface area contributed by atoms with Crippen LogP contribution in [0.5, 0.6) is 11.5 Å². The summed E-state index contributed by atoms with van der Waals surface area (Å²) in [7, 11) is 0. The molecular formula is C15H17ClN2O4. The number of fused-ring (bicyclic) bond motifs is 1. The van der Waals surface area contributed by atoms with Crippen LogP contribution >= 0.6 is 11.6 Å². The number of aromatic hydroxyl groups is 1. The fourth-order valence-corrected chi connectivity index (χ4v) is 2.24. The fraction of sp³-hybridized carbons (Fsp3) is 0.333. The van der Waals surface area contributed by atoms with Gasteiger partial charge in [0.2, 0.25) is 0 Å². The van der Waals surface area contributed by atoms with E-state index in [1.807, 2.05) is 13.8 Å².